The lowest BCUT2D eigenvalue weighted by Crippen LogP contribution is -2.16. The molecule has 0 saturated carbocycles. The smallest absolute Gasteiger partial charge is 0.276 e. The van der Waals surface area contributed by atoms with Crippen molar-refractivity contribution in [3.8, 4) is 0 Å². The van der Waals surface area contributed by atoms with Gasteiger partial charge in [-0.15, -0.1) is 5.10 Å². The monoisotopic (exact) mass is 390 g/mol. The quantitative estimate of drug-likeness (QED) is 0.540. The highest BCUT2D eigenvalue weighted by atomic mass is 19.1. The molecule has 146 valence electrons. The molecule has 4 rings (SSSR count). The highest BCUT2D eigenvalue weighted by molar-refractivity contribution is 6.03. The second kappa shape index (κ2) is 7.59. The van der Waals surface area contributed by atoms with Gasteiger partial charge in [0.25, 0.3) is 5.91 Å². The van der Waals surface area contributed by atoms with Gasteiger partial charge in [-0.05, 0) is 60.7 Å². The Bertz CT molecular complexity index is 1150. The Balaban J connectivity index is 1.56. The second-order valence-corrected chi connectivity index (χ2v) is 6.66. The maximum atomic E-state index is 13.1. The Morgan fingerprint density at radius 1 is 0.966 bits per heavy atom. The van der Waals surface area contributed by atoms with E-state index in [0.29, 0.717) is 28.5 Å². The zero-order chi connectivity index (χ0) is 20.4. The van der Waals surface area contributed by atoms with Gasteiger partial charge in [0.2, 0.25) is 0 Å². The lowest BCUT2D eigenvalue weighted by Gasteiger charge is -2.13. The Kier molecular flexibility index (Phi) is 4.82. The molecular formula is C21H19FN6O. The molecule has 2 aromatic carbocycles. The van der Waals surface area contributed by atoms with Crippen molar-refractivity contribution in [1.29, 1.82) is 0 Å². The topological polar surface area (TPSA) is 74.6 Å². The van der Waals surface area contributed by atoms with Gasteiger partial charge >= 0.3 is 0 Å². The molecule has 0 fully saturated rings. The zero-order valence-electron chi connectivity index (χ0n) is 15.9. The van der Waals surface area contributed by atoms with E-state index in [1.165, 1.54) is 22.8 Å². The van der Waals surface area contributed by atoms with Gasteiger partial charge < -0.3 is 15.5 Å². The first-order valence-corrected chi connectivity index (χ1v) is 8.96. The highest BCUT2D eigenvalue weighted by Crippen LogP contribution is 2.18. The number of nitrogens with zero attached hydrogens (tertiary/aromatic N) is 4. The Morgan fingerprint density at radius 3 is 2.34 bits per heavy atom. The third kappa shape index (κ3) is 4.01. The molecule has 1 amide bonds. The van der Waals surface area contributed by atoms with Crippen LogP contribution in [0.25, 0.3) is 5.65 Å². The Labute approximate surface area is 166 Å². The number of aromatic nitrogens is 3. The number of amides is 1. The van der Waals surface area contributed by atoms with Crippen LogP contribution in [0, 0.1) is 5.82 Å². The van der Waals surface area contributed by atoms with Gasteiger partial charge in [-0.1, -0.05) is 0 Å². The molecule has 7 nitrogen and oxygen atoms in total. The van der Waals surface area contributed by atoms with Gasteiger partial charge in [-0.25, -0.2) is 13.9 Å². The number of hydrogen-bond acceptors (Lipinski definition) is 5. The standard InChI is InChI=1S/C21H19FN6O/c1-27(2)17-9-7-16(8-10-17)25-21(29)18-13-23-20-12-11-19(26-28(18)20)24-15-5-3-14(22)4-6-15/h3-13H,1-2H3,(H,24,26)(H,25,29). The molecule has 4 aromatic rings. The second-order valence-electron chi connectivity index (χ2n) is 6.66. The average molecular weight is 390 g/mol. The van der Waals surface area contributed by atoms with Gasteiger partial charge in [0.15, 0.2) is 17.2 Å². The first-order chi connectivity index (χ1) is 14.0. The molecule has 0 radical (unpaired) electrons. The van der Waals surface area contributed by atoms with Gasteiger partial charge in [0.05, 0.1) is 6.20 Å². The van der Waals surface area contributed by atoms with Crippen molar-refractivity contribution in [2.75, 3.05) is 29.6 Å². The van der Waals surface area contributed by atoms with Gasteiger partial charge in [-0.2, -0.15) is 0 Å². The summed E-state index contributed by atoms with van der Waals surface area (Å²) in [6.07, 6.45) is 1.48. The van der Waals surface area contributed by atoms with Crippen LogP contribution in [0.15, 0.2) is 66.9 Å². The van der Waals surface area contributed by atoms with Crippen LogP contribution >= 0.6 is 0 Å². The summed E-state index contributed by atoms with van der Waals surface area (Å²) in [6.45, 7) is 0. The van der Waals surface area contributed by atoms with Crippen molar-refractivity contribution < 1.29 is 9.18 Å². The number of fused-ring (bicyclic) bond motifs is 1. The summed E-state index contributed by atoms with van der Waals surface area (Å²) in [5.41, 5.74) is 3.25. The molecule has 0 bridgehead atoms. The van der Waals surface area contributed by atoms with Gasteiger partial charge in [0, 0.05) is 31.2 Å². The van der Waals surface area contributed by atoms with Gasteiger partial charge in [0.1, 0.15) is 5.82 Å². The van der Waals surface area contributed by atoms with E-state index in [-0.39, 0.29) is 11.7 Å². The van der Waals surface area contributed by atoms with E-state index in [9.17, 15) is 9.18 Å². The molecule has 0 aliphatic carbocycles. The summed E-state index contributed by atoms with van der Waals surface area (Å²) in [4.78, 5) is 18.9. The molecule has 2 aromatic heterocycles. The number of imidazole rings is 1. The summed E-state index contributed by atoms with van der Waals surface area (Å²) in [5, 5.41) is 10.4. The predicted octanol–water partition coefficient (Wildman–Crippen LogP) is 3.93. The molecule has 0 unspecified atom stereocenters. The van der Waals surface area contributed by atoms with Crippen molar-refractivity contribution in [1.82, 2.24) is 14.6 Å². The van der Waals surface area contributed by atoms with Gasteiger partial charge in [-0.3, -0.25) is 4.79 Å². The maximum Gasteiger partial charge on any atom is 0.276 e. The largest absolute Gasteiger partial charge is 0.378 e. The zero-order valence-corrected chi connectivity index (χ0v) is 15.9. The number of hydrogen-bond donors (Lipinski definition) is 2. The minimum absolute atomic E-state index is 0.305. The van der Waals surface area contributed by atoms with E-state index < -0.39 is 0 Å². The summed E-state index contributed by atoms with van der Waals surface area (Å²) in [5.74, 6) is -0.126. The molecule has 29 heavy (non-hydrogen) atoms. The van der Waals surface area contributed by atoms with Crippen LogP contribution < -0.4 is 15.5 Å². The first-order valence-electron chi connectivity index (χ1n) is 8.96. The SMILES string of the molecule is CN(C)c1ccc(NC(=O)c2cnc3ccc(Nc4ccc(F)cc4)nn23)cc1. The van der Waals surface area contributed by atoms with Crippen molar-refractivity contribution in [2.24, 2.45) is 0 Å². The van der Waals surface area contributed by atoms with Crippen LogP contribution in [0.5, 0.6) is 0 Å². The first kappa shape index (κ1) is 18.4. The van der Waals surface area contributed by atoms with Crippen LogP contribution in [0.1, 0.15) is 10.5 Å². The molecule has 0 aliphatic rings. The number of benzene rings is 2. The van der Waals surface area contributed by atoms with Crippen LogP contribution in [0.2, 0.25) is 0 Å². The Hall–Kier alpha value is -3.94. The number of carbonyl (C=O) groups is 1. The summed E-state index contributed by atoms with van der Waals surface area (Å²) in [7, 11) is 3.91. The number of halogens is 1. The molecule has 0 aliphatic heterocycles. The van der Waals surface area contributed by atoms with Crippen molar-refractivity contribution in [3.05, 3.63) is 78.4 Å². The molecule has 0 saturated heterocycles. The minimum atomic E-state index is -0.318. The number of carbonyl (C=O) groups excluding carboxylic acids is 1. The van der Waals surface area contributed by atoms with E-state index in [4.69, 9.17) is 0 Å². The number of rotatable bonds is 5. The van der Waals surface area contributed by atoms with E-state index in [2.05, 4.69) is 20.7 Å². The summed E-state index contributed by atoms with van der Waals surface area (Å²) < 4.78 is 14.5. The molecule has 2 heterocycles. The molecule has 2 N–H and O–H groups in total. The van der Waals surface area contributed by atoms with Crippen molar-refractivity contribution >= 4 is 34.4 Å². The lowest BCUT2D eigenvalue weighted by atomic mass is 10.2. The van der Waals surface area contributed by atoms with E-state index >= 15 is 0 Å². The summed E-state index contributed by atoms with van der Waals surface area (Å²) in [6, 6.07) is 17.0. The average Bonchev–Trinajstić information content (AvgIpc) is 3.13. The van der Waals surface area contributed by atoms with Crippen LogP contribution in [0.4, 0.5) is 27.3 Å². The van der Waals surface area contributed by atoms with Crippen LogP contribution in [0.3, 0.4) is 0 Å². The van der Waals surface area contributed by atoms with Crippen molar-refractivity contribution in [2.45, 2.75) is 0 Å². The number of nitrogens with one attached hydrogen (secondary N) is 2. The third-order valence-electron chi connectivity index (χ3n) is 4.35. The van der Waals surface area contributed by atoms with E-state index in [1.807, 2.05) is 43.3 Å². The normalized spacial score (nSPS) is 10.7. The highest BCUT2D eigenvalue weighted by Gasteiger charge is 2.14. The fourth-order valence-electron chi connectivity index (χ4n) is 2.81. The Morgan fingerprint density at radius 2 is 1.66 bits per heavy atom. The van der Waals surface area contributed by atoms with Crippen molar-refractivity contribution in [3.63, 3.8) is 0 Å². The maximum absolute atomic E-state index is 13.1. The van der Waals surface area contributed by atoms with Crippen LogP contribution in [-0.4, -0.2) is 34.6 Å². The fraction of sp³-hybridized carbons (Fsp3) is 0.0952. The molecular weight excluding hydrogens is 371 g/mol. The van der Waals surface area contributed by atoms with E-state index in [1.54, 1.807) is 24.3 Å². The predicted molar refractivity (Wildman–Crippen MR) is 111 cm³/mol. The molecule has 0 atom stereocenters. The minimum Gasteiger partial charge on any atom is -0.378 e. The molecule has 8 heteroatoms. The molecule has 0 spiro atoms. The summed E-state index contributed by atoms with van der Waals surface area (Å²) >= 11 is 0. The van der Waals surface area contributed by atoms with Crippen LogP contribution in [-0.2, 0) is 0 Å². The lowest BCUT2D eigenvalue weighted by molar-refractivity contribution is 0.102. The van der Waals surface area contributed by atoms with E-state index in [0.717, 1.165) is 5.69 Å². The number of anilines is 4. The fourth-order valence-corrected chi connectivity index (χ4v) is 2.81. The third-order valence-corrected chi connectivity index (χ3v) is 4.35.